The van der Waals surface area contributed by atoms with E-state index < -0.39 is 0 Å². The molecule has 5 aromatic rings. The maximum Gasteiger partial charge on any atom is 0.180 e. The summed E-state index contributed by atoms with van der Waals surface area (Å²) < 4.78 is 7.80. The van der Waals surface area contributed by atoms with Crippen LogP contribution in [0.3, 0.4) is 0 Å². The number of hydrogen-bond acceptors (Lipinski definition) is 4. The Balaban J connectivity index is 1.40. The predicted molar refractivity (Wildman–Crippen MR) is 119 cm³/mol. The highest BCUT2D eigenvalue weighted by Gasteiger charge is 2.11. The number of imidazole rings is 1. The number of ether oxygens (including phenoxy) is 1. The van der Waals surface area contributed by atoms with Crippen LogP contribution in [0.1, 0.15) is 5.56 Å². The Morgan fingerprint density at radius 1 is 0.700 bits per heavy atom. The monoisotopic (exact) mass is 392 g/mol. The standard InChI is InChI=1S/C25H20N4O/c26-24-25-28-23(19-9-5-2-6-10-19)16-29(25)15-22(27-24)20-11-13-21(14-12-20)30-17-18-7-3-1-4-8-18/h1-16H,17H2,(H2,26,27). The first kappa shape index (κ1) is 17.9. The zero-order chi connectivity index (χ0) is 20.3. The Hall–Kier alpha value is -4.12. The van der Waals surface area contributed by atoms with Crippen LogP contribution in [-0.2, 0) is 6.61 Å². The van der Waals surface area contributed by atoms with Crippen molar-refractivity contribution in [2.24, 2.45) is 0 Å². The lowest BCUT2D eigenvalue weighted by atomic mass is 10.1. The van der Waals surface area contributed by atoms with Crippen LogP contribution < -0.4 is 10.5 Å². The summed E-state index contributed by atoms with van der Waals surface area (Å²) in [5.41, 5.74) is 11.7. The normalized spacial score (nSPS) is 10.9. The number of nitrogens with two attached hydrogens (primary N) is 1. The molecule has 2 heterocycles. The third kappa shape index (κ3) is 3.61. The van der Waals surface area contributed by atoms with Crippen LogP contribution in [0.15, 0.2) is 97.3 Å². The van der Waals surface area contributed by atoms with E-state index in [4.69, 9.17) is 10.5 Å². The molecule has 5 heteroatoms. The van der Waals surface area contributed by atoms with Crippen molar-refractivity contribution < 1.29 is 4.74 Å². The topological polar surface area (TPSA) is 65.4 Å². The summed E-state index contributed by atoms with van der Waals surface area (Å²) in [6, 6.07) is 28.0. The number of nitrogens with zero attached hydrogens (tertiary/aromatic N) is 3. The first-order valence-electron chi connectivity index (χ1n) is 9.74. The summed E-state index contributed by atoms with van der Waals surface area (Å²) in [5.74, 6) is 1.21. The molecular weight excluding hydrogens is 372 g/mol. The molecule has 0 amide bonds. The molecule has 0 bridgehead atoms. The van der Waals surface area contributed by atoms with Crippen LogP contribution in [0.4, 0.5) is 5.82 Å². The molecule has 0 aliphatic rings. The van der Waals surface area contributed by atoms with Crippen molar-refractivity contribution >= 4 is 11.5 Å². The second-order valence-electron chi connectivity index (χ2n) is 7.03. The van der Waals surface area contributed by atoms with Crippen molar-refractivity contribution in [3.63, 3.8) is 0 Å². The van der Waals surface area contributed by atoms with Crippen molar-refractivity contribution in [2.45, 2.75) is 6.61 Å². The van der Waals surface area contributed by atoms with Gasteiger partial charge in [-0.25, -0.2) is 9.97 Å². The zero-order valence-electron chi connectivity index (χ0n) is 16.3. The minimum Gasteiger partial charge on any atom is -0.489 e. The second kappa shape index (κ2) is 7.72. The molecule has 0 radical (unpaired) electrons. The minimum absolute atomic E-state index is 0.402. The number of benzene rings is 3. The predicted octanol–water partition coefficient (Wildman–Crippen LogP) is 5.22. The van der Waals surface area contributed by atoms with E-state index in [0.29, 0.717) is 18.1 Å². The summed E-state index contributed by atoms with van der Waals surface area (Å²) in [4.78, 5) is 9.20. The van der Waals surface area contributed by atoms with E-state index in [2.05, 4.69) is 9.97 Å². The number of anilines is 1. The summed E-state index contributed by atoms with van der Waals surface area (Å²) in [7, 11) is 0. The fourth-order valence-corrected chi connectivity index (χ4v) is 3.37. The van der Waals surface area contributed by atoms with E-state index in [1.54, 1.807) is 0 Å². The number of aromatic nitrogens is 3. The third-order valence-corrected chi connectivity index (χ3v) is 4.93. The van der Waals surface area contributed by atoms with E-state index in [-0.39, 0.29) is 0 Å². The first-order valence-corrected chi connectivity index (χ1v) is 9.74. The molecule has 2 N–H and O–H groups in total. The van der Waals surface area contributed by atoms with Gasteiger partial charge in [-0.15, -0.1) is 0 Å². The Morgan fingerprint density at radius 3 is 2.00 bits per heavy atom. The molecule has 0 aliphatic heterocycles. The largest absolute Gasteiger partial charge is 0.489 e. The van der Waals surface area contributed by atoms with Gasteiger partial charge in [0.2, 0.25) is 0 Å². The lowest BCUT2D eigenvalue weighted by Gasteiger charge is -2.08. The molecule has 5 rings (SSSR count). The number of hydrogen-bond donors (Lipinski definition) is 1. The molecule has 0 aliphatic carbocycles. The van der Waals surface area contributed by atoms with Crippen molar-refractivity contribution in [3.8, 4) is 28.3 Å². The number of fused-ring (bicyclic) bond motifs is 1. The van der Waals surface area contributed by atoms with E-state index in [1.807, 2.05) is 102 Å². The Labute approximate surface area is 174 Å². The summed E-state index contributed by atoms with van der Waals surface area (Å²) in [6.45, 7) is 0.536. The fourth-order valence-electron chi connectivity index (χ4n) is 3.37. The van der Waals surface area contributed by atoms with Crippen LogP contribution in [-0.4, -0.2) is 14.4 Å². The minimum atomic E-state index is 0.402. The molecule has 0 spiro atoms. The van der Waals surface area contributed by atoms with Crippen LogP contribution >= 0.6 is 0 Å². The number of rotatable bonds is 5. The molecule has 2 aromatic heterocycles. The van der Waals surface area contributed by atoms with Crippen LogP contribution in [0, 0.1) is 0 Å². The van der Waals surface area contributed by atoms with Gasteiger partial charge < -0.3 is 14.9 Å². The highest BCUT2D eigenvalue weighted by molar-refractivity contribution is 5.72. The molecule has 0 saturated carbocycles. The average Bonchev–Trinajstić information content (AvgIpc) is 3.24. The quantitative estimate of drug-likeness (QED) is 0.445. The Morgan fingerprint density at radius 2 is 1.30 bits per heavy atom. The van der Waals surface area contributed by atoms with Crippen molar-refractivity contribution in [3.05, 3.63) is 103 Å². The molecule has 5 nitrogen and oxygen atoms in total. The molecule has 146 valence electrons. The molecule has 0 atom stereocenters. The van der Waals surface area contributed by atoms with Crippen molar-refractivity contribution in [2.75, 3.05) is 5.73 Å². The second-order valence-corrected chi connectivity index (χ2v) is 7.03. The average molecular weight is 392 g/mol. The van der Waals surface area contributed by atoms with Gasteiger partial charge in [0.1, 0.15) is 12.4 Å². The number of nitrogen functional groups attached to an aromatic ring is 1. The molecule has 0 saturated heterocycles. The zero-order valence-corrected chi connectivity index (χ0v) is 16.3. The van der Waals surface area contributed by atoms with Gasteiger partial charge in [-0.2, -0.15) is 0 Å². The highest BCUT2D eigenvalue weighted by atomic mass is 16.5. The van der Waals surface area contributed by atoms with E-state index in [0.717, 1.165) is 33.8 Å². The van der Waals surface area contributed by atoms with Gasteiger partial charge in [0, 0.05) is 23.5 Å². The van der Waals surface area contributed by atoms with Crippen molar-refractivity contribution in [1.29, 1.82) is 0 Å². The van der Waals surface area contributed by atoms with E-state index in [1.165, 1.54) is 0 Å². The van der Waals surface area contributed by atoms with Crippen molar-refractivity contribution in [1.82, 2.24) is 14.4 Å². The lowest BCUT2D eigenvalue weighted by molar-refractivity contribution is 0.306. The molecule has 0 fully saturated rings. The smallest absolute Gasteiger partial charge is 0.180 e. The van der Waals surface area contributed by atoms with Gasteiger partial charge in [-0.1, -0.05) is 60.7 Å². The highest BCUT2D eigenvalue weighted by Crippen LogP contribution is 2.26. The SMILES string of the molecule is Nc1nc(-c2ccc(OCc3ccccc3)cc2)cn2cc(-c3ccccc3)nc12. The Bertz CT molecular complexity index is 1280. The first-order chi connectivity index (χ1) is 14.8. The van der Waals surface area contributed by atoms with Crippen LogP contribution in [0.2, 0.25) is 0 Å². The third-order valence-electron chi connectivity index (χ3n) is 4.93. The molecular formula is C25H20N4O. The van der Waals surface area contributed by atoms with Gasteiger partial charge in [0.25, 0.3) is 0 Å². The molecule has 30 heavy (non-hydrogen) atoms. The molecule has 3 aromatic carbocycles. The van der Waals surface area contributed by atoms with E-state index >= 15 is 0 Å². The summed E-state index contributed by atoms with van der Waals surface area (Å²) in [5, 5.41) is 0. The van der Waals surface area contributed by atoms with Gasteiger partial charge in [-0.3, -0.25) is 0 Å². The van der Waals surface area contributed by atoms with Gasteiger partial charge in [0.05, 0.1) is 11.4 Å². The maximum absolute atomic E-state index is 6.21. The van der Waals surface area contributed by atoms with Gasteiger partial charge >= 0.3 is 0 Å². The van der Waals surface area contributed by atoms with E-state index in [9.17, 15) is 0 Å². The molecule has 0 unspecified atom stereocenters. The fraction of sp³-hybridized carbons (Fsp3) is 0.0400. The van der Waals surface area contributed by atoms with Crippen LogP contribution in [0.25, 0.3) is 28.2 Å². The van der Waals surface area contributed by atoms with Gasteiger partial charge in [0.15, 0.2) is 11.5 Å². The maximum atomic E-state index is 6.21. The van der Waals surface area contributed by atoms with Crippen LogP contribution in [0.5, 0.6) is 5.75 Å². The summed E-state index contributed by atoms with van der Waals surface area (Å²) in [6.07, 6.45) is 3.93. The van der Waals surface area contributed by atoms with Gasteiger partial charge in [-0.05, 0) is 29.8 Å². The lowest BCUT2D eigenvalue weighted by Crippen LogP contribution is -1.99. The summed E-state index contributed by atoms with van der Waals surface area (Å²) >= 11 is 0. The Kier molecular flexibility index (Phi) is 4.62.